The number of carbonyl (C=O) groups excluding carboxylic acids is 1. The van der Waals surface area contributed by atoms with Gasteiger partial charge in [0.15, 0.2) is 0 Å². The van der Waals surface area contributed by atoms with Gasteiger partial charge in [0.05, 0.1) is 6.07 Å². The van der Waals surface area contributed by atoms with Crippen molar-refractivity contribution in [3.05, 3.63) is 0 Å². The van der Waals surface area contributed by atoms with Crippen LogP contribution in [0.2, 0.25) is 0 Å². The molecule has 0 aliphatic heterocycles. The summed E-state index contributed by atoms with van der Waals surface area (Å²) < 4.78 is 0. The summed E-state index contributed by atoms with van der Waals surface area (Å²) in [5, 5.41) is 11.9. The molecule has 0 bridgehead atoms. The van der Waals surface area contributed by atoms with Crippen LogP contribution in [0.4, 0.5) is 0 Å². The van der Waals surface area contributed by atoms with Crippen LogP contribution in [0.25, 0.3) is 0 Å². The summed E-state index contributed by atoms with van der Waals surface area (Å²) in [7, 11) is 3.96. The van der Waals surface area contributed by atoms with Gasteiger partial charge in [0.2, 0.25) is 5.91 Å². The Kier molecular flexibility index (Phi) is 7.56. The molecule has 98 valence electrons. The number of likely N-dealkylation sites (N-methyl/N-ethyl adjacent to an activating group) is 1. The van der Waals surface area contributed by atoms with Gasteiger partial charge in [0.1, 0.15) is 5.92 Å². The van der Waals surface area contributed by atoms with Gasteiger partial charge >= 0.3 is 0 Å². The van der Waals surface area contributed by atoms with Crippen molar-refractivity contribution in [2.24, 2.45) is 11.8 Å². The first kappa shape index (κ1) is 15.9. The maximum Gasteiger partial charge on any atom is 0.237 e. The van der Waals surface area contributed by atoms with Crippen LogP contribution in [0, 0.1) is 23.2 Å². The first-order valence-corrected chi connectivity index (χ1v) is 6.27. The van der Waals surface area contributed by atoms with E-state index in [-0.39, 0.29) is 11.9 Å². The van der Waals surface area contributed by atoms with Crippen LogP contribution in [0.15, 0.2) is 0 Å². The fraction of sp³-hybridized carbons (Fsp3) is 0.846. The summed E-state index contributed by atoms with van der Waals surface area (Å²) in [4.78, 5) is 14.0. The van der Waals surface area contributed by atoms with Crippen LogP contribution in [-0.4, -0.2) is 37.5 Å². The van der Waals surface area contributed by atoms with E-state index in [1.165, 1.54) is 0 Å². The third-order valence-corrected chi connectivity index (χ3v) is 2.74. The van der Waals surface area contributed by atoms with Crippen molar-refractivity contribution in [2.45, 2.75) is 39.7 Å². The highest BCUT2D eigenvalue weighted by molar-refractivity contribution is 5.81. The first-order valence-electron chi connectivity index (χ1n) is 6.27. The van der Waals surface area contributed by atoms with E-state index in [0.717, 1.165) is 13.0 Å². The number of nitrogens with one attached hydrogen (secondary N) is 1. The lowest BCUT2D eigenvalue weighted by molar-refractivity contribution is -0.124. The number of hydrogen-bond acceptors (Lipinski definition) is 3. The average Bonchev–Trinajstić information content (AvgIpc) is 2.23. The number of carbonyl (C=O) groups is 1. The van der Waals surface area contributed by atoms with Crippen LogP contribution in [-0.2, 0) is 4.79 Å². The fourth-order valence-corrected chi connectivity index (χ4v) is 1.64. The van der Waals surface area contributed by atoms with Crippen molar-refractivity contribution in [1.82, 2.24) is 10.2 Å². The number of nitrogens with zero attached hydrogens (tertiary/aromatic N) is 2. The Balaban J connectivity index is 4.44. The molecule has 0 aromatic carbocycles. The van der Waals surface area contributed by atoms with Crippen LogP contribution >= 0.6 is 0 Å². The Bertz CT molecular complexity index is 268. The molecule has 0 rings (SSSR count). The van der Waals surface area contributed by atoms with E-state index in [0.29, 0.717) is 12.3 Å². The predicted octanol–water partition coefficient (Wildman–Crippen LogP) is 1.63. The van der Waals surface area contributed by atoms with Gasteiger partial charge in [0, 0.05) is 12.6 Å². The zero-order valence-corrected chi connectivity index (χ0v) is 11.7. The van der Waals surface area contributed by atoms with Gasteiger partial charge in [-0.15, -0.1) is 0 Å². The lowest BCUT2D eigenvalue weighted by atomic mass is 10.0. The molecule has 0 fully saturated rings. The number of rotatable bonds is 7. The molecule has 0 aromatic heterocycles. The molecular formula is C13H25N3O. The van der Waals surface area contributed by atoms with Crippen LogP contribution in [0.1, 0.15) is 33.6 Å². The molecule has 4 heteroatoms. The zero-order valence-electron chi connectivity index (χ0n) is 11.7. The third kappa shape index (κ3) is 6.28. The largest absolute Gasteiger partial charge is 0.351 e. The number of hydrogen-bond donors (Lipinski definition) is 1. The molecule has 0 saturated heterocycles. The third-order valence-electron chi connectivity index (χ3n) is 2.74. The topological polar surface area (TPSA) is 56.1 Å². The van der Waals surface area contributed by atoms with Crippen molar-refractivity contribution in [3.8, 4) is 6.07 Å². The van der Waals surface area contributed by atoms with E-state index < -0.39 is 5.92 Å². The van der Waals surface area contributed by atoms with Crippen LogP contribution in [0.3, 0.4) is 0 Å². The van der Waals surface area contributed by atoms with Gasteiger partial charge in [-0.05, 0) is 26.4 Å². The minimum Gasteiger partial charge on any atom is -0.351 e. The molecule has 0 radical (unpaired) electrons. The Morgan fingerprint density at radius 1 is 1.41 bits per heavy atom. The van der Waals surface area contributed by atoms with Crippen molar-refractivity contribution in [2.75, 3.05) is 20.6 Å². The Hall–Kier alpha value is -1.08. The lowest BCUT2D eigenvalue weighted by Gasteiger charge is -2.26. The quantitative estimate of drug-likeness (QED) is 0.734. The van der Waals surface area contributed by atoms with E-state index in [1.807, 2.05) is 25.9 Å². The highest BCUT2D eigenvalue weighted by atomic mass is 16.1. The second-order valence-corrected chi connectivity index (χ2v) is 5.09. The Labute approximate surface area is 105 Å². The van der Waals surface area contributed by atoms with Crippen molar-refractivity contribution in [1.29, 1.82) is 5.26 Å². The summed E-state index contributed by atoms with van der Waals surface area (Å²) in [6.07, 6.45) is 1.49. The molecule has 0 aliphatic rings. The first-order chi connectivity index (χ1) is 7.92. The maximum atomic E-state index is 11.9. The standard InChI is InChI=1S/C13H25N3O/c1-6-7-11(8-14)13(17)15-12(10(2)3)9-16(4)5/h10-12H,6-7,9H2,1-5H3,(H,15,17). The molecule has 0 spiro atoms. The molecular weight excluding hydrogens is 214 g/mol. The van der Waals surface area contributed by atoms with E-state index in [2.05, 4.69) is 25.2 Å². The SMILES string of the molecule is CCCC(C#N)C(=O)NC(CN(C)C)C(C)C. The molecule has 1 amide bonds. The molecule has 0 aromatic rings. The average molecular weight is 239 g/mol. The van der Waals surface area contributed by atoms with E-state index in [4.69, 9.17) is 5.26 Å². The summed E-state index contributed by atoms with van der Waals surface area (Å²) in [5.74, 6) is -0.277. The molecule has 2 atom stereocenters. The van der Waals surface area contributed by atoms with Crippen molar-refractivity contribution in [3.63, 3.8) is 0 Å². The monoisotopic (exact) mass is 239 g/mol. The molecule has 2 unspecified atom stereocenters. The molecule has 0 saturated carbocycles. The minimum atomic E-state index is -0.511. The Morgan fingerprint density at radius 3 is 2.35 bits per heavy atom. The molecule has 1 N–H and O–H groups in total. The number of nitriles is 1. The fourth-order valence-electron chi connectivity index (χ4n) is 1.64. The smallest absolute Gasteiger partial charge is 0.237 e. The summed E-state index contributed by atoms with van der Waals surface area (Å²) in [6.45, 7) is 6.94. The minimum absolute atomic E-state index is 0.102. The molecule has 0 heterocycles. The normalized spacial score (nSPS) is 14.5. The highest BCUT2D eigenvalue weighted by Crippen LogP contribution is 2.08. The van der Waals surface area contributed by atoms with E-state index in [9.17, 15) is 4.79 Å². The predicted molar refractivity (Wildman–Crippen MR) is 69.3 cm³/mol. The molecule has 17 heavy (non-hydrogen) atoms. The van der Waals surface area contributed by atoms with Gasteiger partial charge in [-0.25, -0.2) is 0 Å². The van der Waals surface area contributed by atoms with Gasteiger partial charge in [0.25, 0.3) is 0 Å². The highest BCUT2D eigenvalue weighted by Gasteiger charge is 2.22. The Morgan fingerprint density at radius 2 is 2.00 bits per heavy atom. The summed E-state index contributed by atoms with van der Waals surface area (Å²) >= 11 is 0. The second-order valence-electron chi connectivity index (χ2n) is 5.09. The maximum absolute atomic E-state index is 11.9. The number of amides is 1. The van der Waals surface area contributed by atoms with Gasteiger partial charge in [-0.1, -0.05) is 27.2 Å². The summed E-state index contributed by atoms with van der Waals surface area (Å²) in [6, 6.07) is 2.18. The van der Waals surface area contributed by atoms with Crippen molar-refractivity contribution < 1.29 is 4.79 Å². The summed E-state index contributed by atoms with van der Waals surface area (Å²) in [5.41, 5.74) is 0. The molecule has 4 nitrogen and oxygen atoms in total. The van der Waals surface area contributed by atoms with Crippen LogP contribution < -0.4 is 5.32 Å². The zero-order chi connectivity index (χ0) is 13.4. The van der Waals surface area contributed by atoms with Gasteiger partial charge < -0.3 is 10.2 Å². The lowest BCUT2D eigenvalue weighted by Crippen LogP contribution is -2.46. The molecule has 0 aliphatic carbocycles. The van der Waals surface area contributed by atoms with E-state index in [1.54, 1.807) is 0 Å². The van der Waals surface area contributed by atoms with Crippen LogP contribution in [0.5, 0.6) is 0 Å². The van der Waals surface area contributed by atoms with Gasteiger partial charge in [-0.3, -0.25) is 4.79 Å². The second kappa shape index (κ2) is 8.08. The van der Waals surface area contributed by atoms with E-state index >= 15 is 0 Å². The van der Waals surface area contributed by atoms with Gasteiger partial charge in [-0.2, -0.15) is 5.26 Å². The van der Waals surface area contributed by atoms with Crippen molar-refractivity contribution >= 4 is 5.91 Å².